The van der Waals surface area contributed by atoms with Gasteiger partial charge in [0, 0.05) is 16.2 Å². The topological polar surface area (TPSA) is 35.8 Å². The van der Waals surface area contributed by atoms with E-state index in [1.807, 2.05) is 18.2 Å². The summed E-state index contributed by atoms with van der Waals surface area (Å²) in [5, 5.41) is 12.5. The lowest BCUT2D eigenvalue weighted by molar-refractivity contribution is 0.281. The van der Waals surface area contributed by atoms with Gasteiger partial charge in [0.05, 0.1) is 11.6 Å². The van der Waals surface area contributed by atoms with Gasteiger partial charge in [0.2, 0.25) is 0 Å². The van der Waals surface area contributed by atoms with E-state index >= 15 is 0 Å². The lowest BCUT2D eigenvalue weighted by Gasteiger charge is -2.32. The maximum Gasteiger partial charge on any atom is 0.0992 e. The smallest absolute Gasteiger partial charge is 0.0992 e. The normalized spacial score (nSPS) is 27.6. The molecule has 0 heterocycles. The lowest BCUT2D eigenvalue weighted by atomic mass is 9.80. The molecule has 0 spiro atoms. The molecule has 2 rings (SSSR count). The second-order valence-corrected chi connectivity index (χ2v) is 6.42. The van der Waals surface area contributed by atoms with Crippen molar-refractivity contribution in [1.29, 1.82) is 5.26 Å². The zero-order valence-corrected chi connectivity index (χ0v) is 12.5. The number of nitriles is 1. The van der Waals surface area contributed by atoms with E-state index in [0.29, 0.717) is 11.6 Å². The van der Waals surface area contributed by atoms with Crippen LogP contribution < -0.4 is 5.32 Å². The number of anilines is 1. The second-order valence-electron chi connectivity index (χ2n) is 5.57. The number of hydrogen-bond donors (Lipinski definition) is 1. The zero-order valence-electron chi connectivity index (χ0n) is 10.9. The van der Waals surface area contributed by atoms with Gasteiger partial charge < -0.3 is 5.32 Å². The molecule has 2 unspecified atom stereocenters. The number of halogens is 1. The van der Waals surface area contributed by atoms with Gasteiger partial charge in [-0.15, -0.1) is 0 Å². The molecule has 3 heteroatoms. The first-order chi connectivity index (χ1) is 8.58. The molecule has 0 bridgehead atoms. The fourth-order valence-electron chi connectivity index (χ4n) is 2.99. The third kappa shape index (κ3) is 3.26. The molecule has 1 aliphatic carbocycles. The minimum absolute atomic E-state index is 0.549. The molecule has 0 radical (unpaired) electrons. The van der Waals surface area contributed by atoms with Crippen molar-refractivity contribution in [2.45, 2.75) is 39.2 Å². The van der Waals surface area contributed by atoms with E-state index in [-0.39, 0.29) is 0 Å². The summed E-state index contributed by atoms with van der Waals surface area (Å²) < 4.78 is 0.979. The van der Waals surface area contributed by atoms with Crippen LogP contribution in [0.1, 0.15) is 38.7 Å². The van der Waals surface area contributed by atoms with E-state index in [1.54, 1.807) is 0 Å². The largest absolute Gasteiger partial charge is 0.381 e. The average molecular weight is 307 g/mol. The number of hydrogen-bond acceptors (Lipinski definition) is 2. The zero-order chi connectivity index (χ0) is 13.1. The van der Waals surface area contributed by atoms with Crippen molar-refractivity contribution in [1.82, 2.24) is 0 Å². The monoisotopic (exact) mass is 306 g/mol. The first-order valence-corrected chi connectivity index (χ1v) is 7.34. The van der Waals surface area contributed by atoms with Gasteiger partial charge in [-0.25, -0.2) is 0 Å². The predicted octanol–water partition coefficient (Wildman–Crippen LogP) is 4.56. The number of nitrogens with one attached hydrogen (secondary N) is 1. The fourth-order valence-corrected chi connectivity index (χ4v) is 3.48. The minimum Gasteiger partial charge on any atom is -0.381 e. The maximum atomic E-state index is 8.85. The van der Waals surface area contributed by atoms with E-state index in [2.05, 4.69) is 41.2 Å². The number of nitrogens with zero attached hydrogens (tertiary/aromatic N) is 1. The number of benzene rings is 1. The molecule has 2 nitrogen and oxygen atoms in total. The molecule has 2 atom stereocenters. The summed E-state index contributed by atoms with van der Waals surface area (Å²) in [6.07, 6.45) is 3.81. The van der Waals surface area contributed by atoms with Gasteiger partial charge in [0.15, 0.2) is 0 Å². The molecular formula is C15H19BrN2. The van der Waals surface area contributed by atoms with E-state index in [0.717, 1.165) is 22.0 Å². The summed E-state index contributed by atoms with van der Waals surface area (Å²) in [5.74, 6) is 1.59. The van der Waals surface area contributed by atoms with Gasteiger partial charge >= 0.3 is 0 Å². The molecule has 0 aliphatic heterocycles. The van der Waals surface area contributed by atoms with Gasteiger partial charge in [-0.2, -0.15) is 5.26 Å². The molecule has 1 N–H and O–H groups in total. The van der Waals surface area contributed by atoms with Crippen LogP contribution in [-0.4, -0.2) is 6.04 Å². The Morgan fingerprint density at radius 1 is 1.22 bits per heavy atom. The Kier molecular flexibility index (Phi) is 4.29. The Labute approximate surface area is 118 Å². The summed E-state index contributed by atoms with van der Waals surface area (Å²) in [4.78, 5) is 0. The molecule has 1 aromatic rings. The van der Waals surface area contributed by atoms with E-state index in [9.17, 15) is 0 Å². The van der Waals surface area contributed by atoms with Crippen molar-refractivity contribution in [2.75, 3.05) is 5.32 Å². The van der Waals surface area contributed by atoms with E-state index in [4.69, 9.17) is 5.26 Å². The predicted molar refractivity (Wildman–Crippen MR) is 78.4 cm³/mol. The van der Waals surface area contributed by atoms with Crippen LogP contribution in [0.2, 0.25) is 0 Å². The summed E-state index contributed by atoms with van der Waals surface area (Å²) in [5.41, 5.74) is 1.79. The molecule has 96 valence electrons. The van der Waals surface area contributed by atoms with Crippen molar-refractivity contribution < 1.29 is 0 Å². The molecular weight excluding hydrogens is 288 g/mol. The Morgan fingerprint density at radius 3 is 2.44 bits per heavy atom. The molecule has 0 aromatic heterocycles. The van der Waals surface area contributed by atoms with Crippen LogP contribution in [0.5, 0.6) is 0 Å². The molecule has 0 amide bonds. The lowest BCUT2D eigenvalue weighted by Crippen LogP contribution is -2.30. The molecule has 18 heavy (non-hydrogen) atoms. The van der Waals surface area contributed by atoms with Crippen LogP contribution in [0.3, 0.4) is 0 Å². The van der Waals surface area contributed by atoms with E-state index in [1.165, 1.54) is 19.3 Å². The highest BCUT2D eigenvalue weighted by molar-refractivity contribution is 9.10. The Morgan fingerprint density at radius 2 is 1.89 bits per heavy atom. The van der Waals surface area contributed by atoms with E-state index < -0.39 is 0 Å². The van der Waals surface area contributed by atoms with Crippen LogP contribution in [0.25, 0.3) is 0 Å². The van der Waals surface area contributed by atoms with Crippen LogP contribution in [0, 0.1) is 23.2 Å². The molecule has 0 saturated heterocycles. The van der Waals surface area contributed by atoms with Crippen LogP contribution in [-0.2, 0) is 0 Å². The third-order valence-corrected chi connectivity index (χ3v) is 4.29. The number of rotatable bonds is 2. The average Bonchev–Trinajstić information content (AvgIpc) is 2.30. The molecule has 1 saturated carbocycles. The van der Waals surface area contributed by atoms with Crippen LogP contribution >= 0.6 is 15.9 Å². The summed E-state index contributed by atoms with van der Waals surface area (Å²) in [6.45, 7) is 4.66. The first-order valence-electron chi connectivity index (χ1n) is 6.54. The van der Waals surface area contributed by atoms with Crippen LogP contribution in [0.15, 0.2) is 22.7 Å². The standard InChI is InChI=1S/C15H19BrN2/c1-10-5-11(2)7-13(6-10)18-15-4-3-12(9-17)8-14(15)16/h3-4,8,10-11,13,18H,5-7H2,1-2H3. The van der Waals surface area contributed by atoms with Gasteiger partial charge in [0.25, 0.3) is 0 Å². The molecule has 1 aliphatic rings. The quantitative estimate of drug-likeness (QED) is 0.869. The van der Waals surface area contributed by atoms with Crippen molar-refractivity contribution in [3.63, 3.8) is 0 Å². The van der Waals surface area contributed by atoms with Gasteiger partial charge in [-0.1, -0.05) is 13.8 Å². The summed E-state index contributed by atoms with van der Waals surface area (Å²) in [6, 6.07) is 8.43. The minimum atomic E-state index is 0.549. The van der Waals surface area contributed by atoms with Crippen molar-refractivity contribution in [3.05, 3.63) is 28.2 Å². The summed E-state index contributed by atoms with van der Waals surface area (Å²) in [7, 11) is 0. The fraction of sp³-hybridized carbons (Fsp3) is 0.533. The Hall–Kier alpha value is -1.01. The summed E-state index contributed by atoms with van der Waals surface area (Å²) >= 11 is 3.53. The highest BCUT2D eigenvalue weighted by Crippen LogP contribution is 2.32. The molecule has 1 fully saturated rings. The van der Waals surface area contributed by atoms with Crippen molar-refractivity contribution in [3.8, 4) is 6.07 Å². The highest BCUT2D eigenvalue weighted by atomic mass is 79.9. The Bertz CT molecular complexity index is 454. The third-order valence-electron chi connectivity index (χ3n) is 3.64. The molecule has 1 aromatic carbocycles. The first kappa shape index (κ1) is 13.4. The SMILES string of the molecule is CC1CC(C)CC(Nc2ccc(C#N)cc2Br)C1. The highest BCUT2D eigenvalue weighted by Gasteiger charge is 2.24. The second kappa shape index (κ2) is 5.75. The maximum absolute atomic E-state index is 8.85. The van der Waals surface area contributed by atoms with Crippen molar-refractivity contribution >= 4 is 21.6 Å². The van der Waals surface area contributed by atoms with Gasteiger partial charge in [0.1, 0.15) is 0 Å². The Balaban J connectivity index is 2.07. The van der Waals surface area contributed by atoms with Crippen LogP contribution in [0.4, 0.5) is 5.69 Å². The van der Waals surface area contributed by atoms with Gasteiger partial charge in [-0.05, 0) is 65.2 Å². The van der Waals surface area contributed by atoms with Crippen molar-refractivity contribution in [2.24, 2.45) is 11.8 Å². The van der Waals surface area contributed by atoms with Gasteiger partial charge in [-0.3, -0.25) is 0 Å².